The smallest absolute Gasteiger partial charge is 0.419 e. The lowest BCUT2D eigenvalue weighted by Crippen LogP contribution is -2.47. The molecule has 1 aromatic carbocycles. The predicted octanol–water partition coefficient (Wildman–Crippen LogP) is 3.11. The van der Waals surface area contributed by atoms with E-state index in [1.165, 1.54) is 4.90 Å². The number of halogens is 4. The number of alkyl halides is 3. The molecule has 0 radical (unpaired) electrons. The van der Waals surface area contributed by atoms with Gasteiger partial charge in [0.15, 0.2) is 0 Å². The molecule has 132 valence electrons. The summed E-state index contributed by atoms with van der Waals surface area (Å²) in [7, 11) is 0. The molecule has 0 aliphatic carbocycles. The summed E-state index contributed by atoms with van der Waals surface area (Å²) >= 11 is 0. The maximum Gasteiger partial charge on any atom is 0.419 e. The van der Waals surface area contributed by atoms with Gasteiger partial charge in [-0.05, 0) is 31.0 Å². The second-order valence-corrected chi connectivity index (χ2v) is 5.33. The first kappa shape index (κ1) is 17.8. The molecule has 1 saturated heterocycles. The number of likely N-dealkylation sites (tertiary alicyclic amines) is 1. The number of nitrogens with one attached hydrogen (secondary N) is 2. The van der Waals surface area contributed by atoms with E-state index in [-0.39, 0.29) is 24.8 Å². The fraction of sp³-hybridized carbons (Fsp3) is 0.429. The van der Waals surface area contributed by atoms with E-state index in [1.54, 1.807) is 0 Å². The molecular weight excluding hydrogens is 334 g/mol. The zero-order valence-electron chi connectivity index (χ0n) is 12.4. The van der Waals surface area contributed by atoms with Crippen LogP contribution in [0.3, 0.4) is 0 Å². The molecule has 0 unspecified atom stereocenters. The fourth-order valence-electron chi connectivity index (χ4n) is 2.39. The highest BCUT2D eigenvalue weighted by molar-refractivity contribution is 5.89. The number of urea groups is 1. The molecule has 0 bridgehead atoms. The minimum atomic E-state index is -4.80. The normalized spacial score (nSPS) is 15.9. The van der Waals surface area contributed by atoms with Crippen molar-refractivity contribution >= 4 is 17.8 Å². The monoisotopic (exact) mass is 349 g/mol. The largest absolute Gasteiger partial charge is 0.465 e. The molecule has 2 rings (SSSR count). The Hall–Kier alpha value is -2.52. The van der Waals surface area contributed by atoms with E-state index in [9.17, 15) is 27.2 Å². The van der Waals surface area contributed by atoms with Crippen LogP contribution in [-0.4, -0.2) is 41.3 Å². The van der Waals surface area contributed by atoms with Crippen molar-refractivity contribution < 1.29 is 32.3 Å². The third-order valence-electron chi connectivity index (χ3n) is 3.63. The number of carboxylic acid groups (broad SMARTS) is 1. The number of hydrogen-bond donors (Lipinski definition) is 3. The Bertz CT molecular complexity index is 628. The number of amides is 3. The van der Waals surface area contributed by atoms with Crippen molar-refractivity contribution in [2.45, 2.75) is 25.1 Å². The molecule has 1 aliphatic rings. The minimum absolute atomic E-state index is 0.110. The second-order valence-electron chi connectivity index (χ2n) is 5.33. The van der Waals surface area contributed by atoms with Gasteiger partial charge in [-0.2, -0.15) is 13.2 Å². The second kappa shape index (κ2) is 6.93. The van der Waals surface area contributed by atoms with Crippen molar-refractivity contribution in [1.29, 1.82) is 0 Å². The van der Waals surface area contributed by atoms with Crippen LogP contribution in [0.1, 0.15) is 18.4 Å². The van der Waals surface area contributed by atoms with E-state index in [2.05, 4.69) is 10.6 Å². The molecule has 6 nitrogen and oxygen atoms in total. The van der Waals surface area contributed by atoms with E-state index < -0.39 is 29.7 Å². The number of hydrogen-bond acceptors (Lipinski definition) is 2. The van der Waals surface area contributed by atoms with Crippen molar-refractivity contribution in [3.8, 4) is 0 Å². The van der Waals surface area contributed by atoms with Gasteiger partial charge in [0.1, 0.15) is 5.82 Å². The summed E-state index contributed by atoms with van der Waals surface area (Å²) in [5, 5.41) is 13.6. The minimum Gasteiger partial charge on any atom is -0.465 e. The molecule has 1 heterocycles. The average Bonchev–Trinajstić information content (AvgIpc) is 2.46. The number of carbonyl (C=O) groups is 2. The zero-order chi connectivity index (χ0) is 17.9. The quantitative estimate of drug-likeness (QED) is 0.718. The highest BCUT2D eigenvalue weighted by Gasteiger charge is 2.34. The van der Waals surface area contributed by atoms with Crippen molar-refractivity contribution in [2.24, 2.45) is 0 Å². The van der Waals surface area contributed by atoms with Crippen LogP contribution in [0.2, 0.25) is 0 Å². The SMILES string of the molecule is O=C(Nc1ccc(C(F)(F)F)c(F)c1)NC1CCN(C(=O)O)CC1. The topological polar surface area (TPSA) is 81.7 Å². The molecule has 24 heavy (non-hydrogen) atoms. The van der Waals surface area contributed by atoms with Crippen molar-refractivity contribution in [3.05, 3.63) is 29.6 Å². The molecule has 10 heteroatoms. The van der Waals surface area contributed by atoms with Crippen LogP contribution in [0, 0.1) is 5.82 Å². The maximum absolute atomic E-state index is 13.4. The number of piperidine rings is 1. The van der Waals surface area contributed by atoms with E-state index in [1.807, 2.05) is 0 Å². The molecule has 3 amide bonds. The lowest BCUT2D eigenvalue weighted by Gasteiger charge is -2.30. The van der Waals surface area contributed by atoms with Gasteiger partial charge in [0.2, 0.25) is 0 Å². The molecule has 3 N–H and O–H groups in total. The van der Waals surface area contributed by atoms with Crippen molar-refractivity contribution in [3.63, 3.8) is 0 Å². The van der Waals surface area contributed by atoms with Crippen LogP contribution in [0.4, 0.5) is 32.8 Å². The van der Waals surface area contributed by atoms with Gasteiger partial charge in [0.05, 0.1) is 5.56 Å². The number of carbonyl (C=O) groups excluding carboxylic acids is 1. The molecular formula is C14H15F4N3O3. The van der Waals surface area contributed by atoms with E-state index in [0.29, 0.717) is 25.0 Å². The van der Waals surface area contributed by atoms with Crippen LogP contribution >= 0.6 is 0 Å². The molecule has 1 aliphatic heterocycles. The Labute approximate surface area is 134 Å². The van der Waals surface area contributed by atoms with Gasteiger partial charge in [-0.15, -0.1) is 0 Å². The third kappa shape index (κ3) is 4.49. The van der Waals surface area contributed by atoms with Gasteiger partial charge in [0.25, 0.3) is 0 Å². The van der Waals surface area contributed by atoms with Crippen LogP contribution in [-0.2, 0) is 6.18 Å². The Morgan fingerprint density at radius 3 is 2.33 bits per heavy atom. The average molecular weight is 349 g/mol. The molecule has 1 fully saturated rings. The van der Waals surface area contributed by atoms with Gasteiger partial charge in [-0.3, -0.25) is 0 Å². The summed E-state index contributed by atoms with van der Waals surface area (Å²) in [4.78, 5) is 23.8. The molecule has 0 saturated carbocycles. The van der Waals surface area contributed by atoms with Crippen LogP contribution < -0.4 is 10.6 Å². The maximum atomic E-state index is 13.4. The molecule has 0 spiro atoms. The summed E-state index contributed by atoms with van der Waals surface area (Å²) in [5.74, 6) is -1.48. The summed E-state index contributed by atoms with van der Waals surface area (Å²) in [6, 6.07) is 1.15. The zero-order valence-corrected chi connectivity index (χ0v) is 12.4. The number of anilines is 1. The molecule has 0 aromatic heterocycles. The fourth-order valence-corrected chi connectivity index (χ4v) is 2.39. The first-order valence-corrected chi connectivity index (χ1v) is 7.09. The van der Waals surface area contributed by atoms with Crippen LogP contribution in [0.5, 0.6) is 0 Å². The highest BCUT2D eigenvalue weighted by Crippen LogP contribution is 2.32. The number of nitrogens with zero attached hydrogens (tertiary/aromatic N) is 1. The van der Waals surface area contributed by atoms with Gasteiger partial charge in [-0.1, -0.05) is 0 Å². The number of benzene rings is 1. The van der Waals surface area contributed by atoms with E-state index in [4.69, 9.17) is 5.11 Å². The first-order chi connectivity index (χ1) is 11.2. The summed E-state index contributed by atoms with van der Waals surface area (Å²) in [6.07, 6.45) is -5.00. The summed E-state index contributed by atoms with van der Waals surface area (Å²) < 4.78 is 50.8. The lowest BCUT2D eigenvalue weighted by atomic mass is 10.1. The van der Waals surface area contributed by atoms with Gasteiger partial charge in [-0.25, -0.2) is 14.0 Å². The van der Waals surface area contributed by atoms with Crippen LogP contribution in [0.15, 0.2) is 18.2 Å². The Morgan fingerprint density at radius 2 is 1.83 bits per heavy atom. The third-order valence-corrected chi connectivity index (χ3v) is 3.63. The van der Waals surface area contributed by atoms with E-state index in [0.717, 1.165) is 6.07 Å². The van der Waals surface area contributed by atoms with Gasteiger partial charge in [0, 0.05) is 24.8 Å². The Kier molecular flexibility index (Phi) is 5.15. The molecule has 0 atom stereocenters. The van der Waals surface area contributed by atoms with Crippen molar-refractivity contribution in [2.75, 3.05) is 18.4 Å². The number of rotatable bonds is 2. The first-order valence-electron chi connectivity index (χ1n) is 7.09. The van der Waals surface area contributed by atoms with Gasteiger partial charge >= 0.3 is 18.3 Å². The van der Waals surface area contributed by atoms with Crippen LogP contribution in [0.25, 0.3) is 0 Å². The highest BCUT2D eigenvalue weighted by atomic mass is 19.4. The summed E-state index contributed by atoms with van der Waals surface area (Å²) in [6.45, 7) is 0.546. The molecule has 1 aromatic rings. The lowest BCUT2D eigenvalue weighted by molar-refractivity contribution is -0.139. The Balaban J connectivity index is 1.89. The summed E-state index contributed by atoms with van der Waals surface area (Å²) in [5.41, 5.74) is -1.52. The van der Waals surface area contributed by atoms with Crippen molar-refractivity contribution in [1.82, 2.24) is 10.2 Å². The standard InChI is InChI=1S/C14H15F4N3O3/c15-11-7-9(1-2-10(11)14(16,17)18)20-12(22)19-8-3-5-21(6-4-8)13(23)24/h1-2,7-8H,3-6H2,(H,23,24)(H2,19,20,22). The predicted molar refractivity (Wildman–Crippen MR) is 76.2 cm³/mol. The van der Waals surface area contributed by atoms with Gasteiger partial charge < -0.3 is 20.6 Å². The van der Waals surface area contributed by atoms with E-state index >= 15 is 0 Å². The Morgan fingerprint density at radius 1 is 1.21 bits per heavy atom.